The van der Waals surface area contributed by atoms with Crippen LogP contribution in [-0.2, 0) is 6.42 Å². The minimum Gasteiger partial charge on any atom is -0.384 e. The van der Waals surface area contributed by atoms with Crippen LogP contribution in [0.15, 0.2) is 4.79 Å². The van der Waals surface area contributed by atoms with E-state index in [-0.39, 0.29) is 5.56 Å². The average molecular weight is 169 g/mol. The number of nitrogens with two attached hydrogens (primary N) is 1. The predicted molar refractivity (Wildman–Crippen MR) is 49.0 cm³/mol. The van der Waals surface area contributed by atoms with E-state index in [2.05, 4.69) is 24.0 Å². The zero-order valence-corrected chi connectivity index (χ0v) is 7.48. The number of anilines is 1. The van der Waals surface area contributed by atoms with Crippen LogP contribution in [0.25, 0.3) is 0 Å². The third-order valence-electron chi connectivity index (χ3n) is 1.88. The van der Waals surface area contributed by atoms with Crippen LogP contribution in [0, 0.1) is 5.92 Å². The van der Waals surface area contributed by atoms with E-state index in [4.69, 9.17) is 5.73 Å². The molecule has 0 aliphatic carbocycles. The first-order chi connectivity index (χ1) is 5.61. The molecule has 0 radical (unpaired) electrons. The maximum absolute atomic E-state index is 11.1. The Labute approximate surface area is 71.2 Å². The summed E-state index contributed by atoms with van der Waals surface area (Å²) in [6.45, 7) is 4.24. The van der Waals surface area contributed by atoms with Gasteiger partial charge in [0.25, 0.3) is 5.56 Å². The van der Waals surface area contributed by atoms with Crippen LogP contribution in [-0.4, -0.2) is 10.2 Å². The Morgan fingerprint density at radius 2 is 2.08 bits per heavy atom. The second-order valence-corrected chi connectivity index (χ2v) is 3.40. The van der Waals surface area contributed by atoms with Crippen molar-refractivity contribution in [2.75, 3.05) is 5.73 Å². The predicted octanol–water partition coefficient (Wildman–Crippen LogP) is 0.874. The molecule has 0 aliphatic rings. The lowest BCUT2D eigenvalue weighted by Gasteiger charge is -2.01. The normalized spacial score (nSPS) is 10.9. The molecule has 4 N–H and O–H groups in total. The largest absolute Gasteiger partial charge is 0.384 e. The second-order valence-electron chi connectivity index (χ2n) is 3.40. The molecule has 1 aromatic rings. The van der Waals surface area contributed by atoms with Crippen molar-refractivity contribution in [2.24, 2.45) is 5.92 Å². The van der Waals surface area contributed by atoms with Gasteiger partial charge in [0.2, 0.25) is 0 Å². The highest BCUT2D eigenvalue weighted by Gasteiger charge is 2.06. The molecular formula is C8H15N3O. The lowest BCUT2D eigenvalue weighted by molar-refractivity contribution is 0.586. The van der Waals surface area contributed by atoms with Gasteiger partial charge in [-0.15, -0.1) is 0 Å². The molecule has 0 saturated heterocycles. The van der Waals surface area contributed by atoms with E-state index in [0.717, 1.165) is 12.8 Å². The topological polar surface area (TPSA) is 74.7 Å². The van der Waals surface area contributed by atoms with Gasteiger partial charge in [0.15, 0.2) is 0 Å². The number of aromatic amines is 2. The monoisotopic (exact) mass is 169 g/mol. The Morgan fingerprint density at radius 3 is 2.50 bits per heavy atom. The Kier molecular flexibility index (Phi) is 2.58. The number of rotatable bonds is 3. The van der Waals surface area contributed by atoms with Gasteiger partial charge in [0.05, 0.1) is 5.56 Å². The van der Waals surface area contributed by atoms with E-state index in [1.54, 1.807) is 0 Å². The van der Waals surface area contributed by atoms with Gasteiger partial charge in [0, 0.05) is 0 Å². The fraction of sp³-hybridized carbons (Fsp3) is 0.625. The first-order valence-electron chi connectivity index (χ1n) is 4.16. The van der Waals surface area contributed by atoms with E-state index in [1.807, 2.05) is 0 Å². The van der Waals surface area contributed by atoms with Crippen LogP contribution < -0.4 is 11.3 Å². The SMILES string of the molecule is CC(C)CCc1c(N)[nH][nH]c1=O. The van der Waals surface area contributed by atoms with Gasteiger partial charge in [-0.25, -0.2) is 0 Å². The van der Waals surface area contributed by atoms with Crippen LogP contribution in [0.2, 0.25) is 0 Å². The third-order valence-corrected chi connectivity index (χ3v) is 1.88. The molecule has 1 rings (SSSR count). The molecule has 0 spiro atoms. The molecular weight excluding hydrogens is 154 g/mol. The van der Waals surface area contributed by atoms with Crippen LogP contribution in [0.4, 0.5) is 5.82 Å². The minimum atomic E-state index is -0.0897. The number of nitrogen functional groups attached to an aromatic ring is 1. The summed E-state index contributed by atoms with van der Waals surface area (Å²) in [5, 5.41) is 5.06. The van der Waals surface area contributed by atoms with E-state index < -0.39 is 0 Å². The fourth-order valence-electron chi connectivity index (χ4n) is 1.08. The quantitative estimate of drug-likeness (QED) is 0.628. The Morgan fingerprint density at radius 1 is 1.42 bits per heavy atom. The van der Waals surface area contributed by atoms with Crippen molar-refractivity contribution < 1.29 is 0 Å². The number of hydrogen-bond donors (Lipinski definition) is 3. The number of nitrogens with one attached hydrogen (secondary N) is 2. The van der Waals surface area contributed by atoms with Crippen molar-refractivity contribution in [1.82, 2.24) is 10.2 Å². The highest BCUT2D eigenvalue weighted by atomic mass is 16.1. The molecule has 1 heterocycles. The highest BCUT2D eigenvalue weighted by Crippen LogP contribution is 2.08. The smallest absolute Gasteiger partial charge is 0.269 e. The first kappa shape index (κ1) is 8.90. The molecule has 4 nitrogen and oxygen atoms in total. The summed E-state index contributed by atoms with van der Waals surface area (Å²) in [7, 11) is 0. The molecule has 0 atom stereocenters. The lowest BCUT2D eigenvalue weighted by Crippen LogP contribution is -2.08. The summed E-state index contributed by atoms with van der Waals surface area (Å²) in [5.41, 5.74) is 6.14. The van der Waals surface area contributed by atoms with Crippen molar-refractivity contribution >= 4 is 5.82 Å². The summed E-state index contributed by atoms with van der Waals surface area (Å²) in [6.07, 6.45) is 1.74. The lowest BCUT2D eigenvalue weighted by atomic mass is 10.0. The third kappa shape index (κ3) is 1.90. The fourth-order valence-corrected chi connectivity index (χ4v) is 1.08. The Bertz CT molecular complexity index is 297. The molecule has 0 bridgehead atoms. The average Bonchev–Trinajstić information content (AvgIpc) is 2.28. The zero-order chi connectivity index (χ0) is 9.14. The summed E-state index contributed by atoms with van der Waals surface area (Å²) < 4.78 is 0. The number of aromatic nitrogens is 2. The van der Waals surface area contributed by atoms with Crippen LogP contribution in [0.1, 0.15) is 25.8 Å². The molecule has 4 heteroatoms. The van der Waals surface area contributed by atoms with Crippen molar-refractivity contribution in [3.05, 3.63) is 15.9 Å². The summed E-state index contributed by atoms with van der Waals surface area (Å²) in [6, 6.07) is 0. The van der Waals surface area contributed by atoms with Crippen LogP contribution in [0.3, 0.4) is 0 Å². The molecule has 0 amide bonds. The van der Waals surface area contributed by atoms with E-state index in [0.29, 0.717) is 17.3 Å². The van der Waals surface area contributed by atoms with Gasteiger partial charge in [-0.1, -0.05) is 13.8 Å². The Hall–Kier alpha value is -1.19. The number of H-pyrrole nitrogens is 2. The second kappa shape index (κ2) is 3.47. The van der Waals surface area contributed by atoms with Crippen molar-refractivity contribution in [2.45, 2.75) is 26.7 Å². The first-order valence-corrected chi connectivity index (χ1v) is 4.16. The minimum absolute atomic E-state index is 0.0897. The number of hydrogen-bond acceptors (Lipinski definition) is 2. The molecule has 0 unspecified atom stereocenters. The summed E-state index contributed by atoms with van der Waals surface area (Å²) in [4.78, 5) is 11.1. The van der Waals surface area contributed by atoms with E-state index in [1.165, 1.54) is 0 Å². The standard InChI is InChI=1S/C8H15N3O/c1-5(2)3-4-6-7(9)10-11-8(6)12/h5H,3-4H2,1-2H3,(H4,9,10,11,12). The summed E-state index contributed by atoms with van der Waals surface area (Å²) >= 11 is 0. The molecule has 0 aromatic carbocycles. The summed E-state index contributed by atoms with van der Waals surface area (Å²) in [5.74, 6) is 1.07. The van der Waals surface area contributed by atoms with Crippen molar-refractivity contribution in [3.8, 4) is 0 Å². The van der Waals surface area contributed by atoms with Crippen molar-refractivity contribution in [3.63, 3.8) is 0 Å². The van der Waals surface area contributed by atoms with Gasteiger partial charge in [0.1, 0.15) is 5.82 Å². The molecule has 0 aliphatic heterocycles. The molecule has 1 aromatic heterocycles. The maximum atomic E-state index is 11.1. The molecule has 12 heavy (non-hydrogen) atoms. The van der Waals surface area contributed by atoms with Gasteiger partial charge < -0.3 is 5.73 Å². The van der Waals surface area contributed by atoms with Gasteiger partial charge in [-0.2, -0.15) is 0 Å². The molecule has 0 fully saturated rings. The zero-order valence-electron chi connectivity index (χ0n) is 7.48. The van der Waals surface area contributed by atoms with Crippen molar-refractivity contribution in [1.29, 1.82) is 0 Å². The van der Waals surface area contributed by atoms with E-state index in [9.17, 15) is 4.79 Å². The van der Waals surface area contributed by atoms with E-state index >= 15 is 0 Å². The van der Waals surface area contributed by atoms with Gasteiger partial charge >= 0.3 is 0 Å². The Balaban J connectivity index is 2.68. The maximum Gasteiger partial charge on any atom is 0.269 e. The van der Waals surface area contributed by atoms with Crippen LogP contribution >= 0.6 is 0 Å². The van der Waals surface area contributed by atoms with Gasteiger partial charge in [-0.05, 0) is 18.8 Å². The van der Waals surface area contributed by atoms with Gasteiger partial charge in [-0.3, -0.25) is 15.0 Å². The highest BCUT2D eigenvalue weighted by molar-refractivity contribution is 5.36. The van der Waals surface area contributed by atoms with Crippen LogP contribution in [0.5, 0.6) is 0 Å². The molecule has 0 saturated carbocycles. The molecule has 68 valence electrons.